The van der Waals surface area contributed by atoms with E-state index in [4.69, 9.17) is 10.5 Å². The zero-order valence-electron chi connectivity index (χ0n) is 10.2. The van der Waals surface area contributed by atoms with Crippen LogP contribution in [0.2, 0.25) is 0 Å². The summed E-state index contributed by atoms with van der Waals surface area (Å²) < 4.78 is 7.23. The predicted octanol–water partition coefficient (Wildman–Crippen LogP) is 0.926. The molecule has 5 heteroatoms. The molecule has 2 N–H and O–H groups in total. The van der Waals surface area contributed by atoms with Crippen LogP contribution in [-0.4, -0.2) is 36.1 Å². The third kappa shape index (κ3) is 1.87. The monoisotopic (exact) mass is 224 g/mol. The third-order valence-electron chi connectivity index (χ3n) is 3.31. The second-order valence-corrected chi connectivity index (χ2v) is 4.40. The highest BCUT2D eigenvalue weighted by Gasteiger charge is 2.23. The van der Waals surface area contributed by atoms with Crippen molar-refractivity contribution in [3.05, 3.63) is 5.69 Å². The summed E-state index contributed by atoms with van der Waals surface area (Å²) in [6.07, 6.45) is 2.11. The van der Waals surface area contributed by atoms with Crippen molar-refractivity contribution in [2.75, 3.05) is 30.9 Å². The lowest BCUT2D eigenvalue weighted by atomic mass is 10.1. The van der Waals surface area contributed by atoms with Crippen molar-refractivity contribution in [2.45, 2.75) is 25.8 Å². The van der Waals surface area contributed by atoms with E-state index >= 15 is 0 Å². The minimum Gasteiger partial charge on any atom is -0.394 e. The van der Waals surface area contributed by atoms with Crippen molar-refractivity contribution in [2.24, 2.45) is 7.05 Å². The highest BCUT2D eigenvalue weighted by Crippen LogP contribution is 2.28. The first-order valence-electron chi connectivity index (χ1n) is 5.71. The quantitative estimate of drug-likeness (QED) is 0.812. The third-order valence-corrected chi connectivity index (χ3v) is 3.31. The second kappa shape index (κ2) is 4.33. The van der Waals surface area contributed by atoms with Gasteiger partial charge in [0, 0.05) is 33.4 Å². The minimum absolute atomic E-state index is 0.505. The van der Waals surface area contributed by atoms with Crippen LogP contribution in [0.4, 0.5) is 11.5 Å². The van der Waals surface area contributed by atoms with E-state index in [0.717, 1.165) is 43.3 Å². The molecule has 0 radical (unpaired) electrons. The largest absolute Gasteiger partial charge is 0.394 e. The van der Waals surface area contributed by atoms with Crippen LogP contribution < -0.4 is 10.6 Å². The van der Waals surface area contributed by atoms with Gasteiger partial charge in [0.2, 0.25) is 0 Å². The molecule has 90 valence electrons. The molecule has 0 unspecified atom stereocenters. The smallest absolute Gasteiger partial charge is 0.150 e. The summed E-state index contributed by atoms with van der Waals surface area (Å²) in [6, 6.07) is 0.505. The molecule has 2 heterocycles. The molecule has 0 spiro atoms. The van der Waals surface area contributed by atoms with Gasteiger partial charge >= 0.3 is 0 Å². The molecule has 1 aromatic heterocycles. The Balaban J connectivity index is 2.22. The number of nitrogens with two attached hydrogens (primary N) is 1. The zero-order valence-corrected chi connectivity index (χ0v) is 10.2. The Bertz CT molecular complexity index is 368. The van der Waals surface area contributed by atoms with E-state index in [-0.39, 0.29) is 0 Å². The van der Waals surface area contributed by atoms with E-state index in [0.29, 0.717) is 6.04 Å². The fourth-order valence-electron chi connectivity index (χ4n) is 2.33. The van der Waals surface area contributed by atoms with Gasteiger partial charge in [-0.25, -0.2) is 0 Å². The molecule has 0 amide bonds. The van der Waals surface area contributed by atoms with E-state index in [1.165, 1.54) is 0 Å². The Morgan fingerprint density at radius 3 is 2.56 bits per heavy atom. The van der Waals surface area contributed by atoms with Crippen molar-refractivity contribution in [1.29, 1.82) is 0 Å². The number of hydrogen-bond acceptors (Lipinski definition) is 4. The maximum Gasteiger partial charge on any atom is 0.150 e. The number of rotatable bonds is 2. The summed E-state index contributed by atoms with van der Waals surface area (Å²) >= 11 is 0. The van der Waals surface area contributed by atoms with E-state index < -0.39 is 0 Å². The Morgan fingerprint density at radius 2 is 2.06 bits per heavy atom. The highest BCUT2D eigenvalue weighted by atomic mass is 16.5. The number of ether oxygens (including phenoxy) is 1. The molecule has 1 saturated heterocycles. The Hall–Kier alpha value is -1.23. The molecule has 2 rings (SSSR count). The van der Waals surface area contributed by atoms with Crippen molar-refractivity contribution in [1.82, 2.24) is 9.78 Å². The summed E-state index contributed by atoms with van der Waals surface area (Å²) in [5, 5.41) is 4.35. The lowest BCUT2D eigenvalue weighted by Crippen LogP contribution is -2.38. The molecule has 1 aliphatic rings. The lowest BCUT2D eigenvalue weighted by molar-refractivity contribution is 0.0852. The van der Waals surface area contributed by atoms with Gasteiger partial charge in [-0.3, -0.25) is 4.68 Å². The molecular formula is C11H20N4O. The van der Waals surface area contributed by atoms with Gasteiger partial charge in [-0.1, -0.05) is 0 Å². The van der Waals surface area contributed by atoms with Crippen LogP contribution in [0.15, 0.2) is 0 Å². The first-order valence-corrected chi connectivity index (χ1v) is 5.71. The fourth-order valence-corrected chi connectivity index (χ4v) is 2.33. The summed E-state index contributed by atoms with van der Waals surface area (Å²) in [5.74, 6) is 1.02. The van der Waals surface area contributed by atoms with Crippen LogP contribution in [0.3, 0.4) is 0 Å². The molecule has 1 aromatic rings. The molecular weight excluding hydrogens is 204 g/mol. The lowest BCUT2D eigenvalue weighted by Gasteiger charge is -2.32. The van der Waals surface area contributed by atoms with Gasteiger partial charge in [-0.05, 0) is 19.8 Å². The maximum absolute atomic E-state index is 6.05. The van der Waals surface area contributed by atoms with E-state index in [9.17, 15) is 0 Å². The van der Waals surface area contributed by atoms with Crippen molar-refractivity contribution >= 4 is 11.5 Å². The number of hydrogen-bond donors (Lipinski definition) is 1. The summed E-state index contributed by atoms with van der Waals surface area (Å²) in [4.78, 5) is 2.23. The predicted molar refractivity (Wildman–Crippen MR) is 64.6 cm³/mol. The van der Waals surface area contributed by atoms with E-state index in [1.54, 1.807) is 0 Å². The Labute approximate surface area is 96.2 Å². The topological polar surface area (TPSA) is 56.3 Å². The standard InChI is InChI=1S/C11H20N4O/c1-8-10(12)11(15(3)13-8)14(2)9-4-6-16-7-5-9/h9H,4-7,12H2,1-3H3. The van der Waals surface area contributed by atoms with Crippen molar-refractivity contribution in [3.63, 3.8) is 0 Å². The molecule has 0 bridgehead atoms. The molecule has 1 aliphatic heterocycles. The van der Waals surface area contributed by atoms with E-state index in [1.807, 2.05) is 18.7 Å². The van der Waals surface area contributed by atoms with Crippen LogP contribution in [-0.2, 0) is 11.8 Å². The summed E-state index contributed by atoms with van der Waals surface area (Å²) in [5.41, 5.74) is 7.74. The minimum atomic E-state index is 0.505. The van der Waals surface area contributed by atoms with Gasteiger partial charge in [-0.2, -0.15) is 5.10 Å². The molecule has 0 aromatic carbocycles. The Morgan fingerprint density at radius 1 is 1.44 bits per heavy atom. The summed E-state index contributed by atoms with van der Waals surface area (Å²) in [7, 11) is 4.03. The molecule has 0 saturated carbocycles. The number of nitrogen functional groups attached to an aromatic ring is 1. The normalized spacial score (nSPS) is 17.7. The highest BCUT2D eigenvalue weighted by molar-refractivity contribution is 5.66. The van der Waals surface area contributed by atoms with Crippen LogP contribution in [0.1, 0.15) is 18.5 Å². The number of aromatic nitrogens is 2. The van der Waals surface area contributed by atoms with Crippen LogP contribution in [0.5, 0.6) is 0 Å². The molecule has 16 heavy (non-hydrogen) atoms. The van der Waals surface area contributed by atoms with Gasteiger partial charge < -0.3 is 15.4 Å². The second-order valence-electron chi connectivity index (χ2n) is 4.40. The average molecular weight is 224 g/mol. The van der Waals surface area contributed by atoms with Crippen LogP contribution >= 0.6 is 0 Å². The van der Waals surface area contributed by atoms with E-state index in [2.05, 4.69) is 17.0 Å². The van der Waals surface area contributed by atoms with Crippen LogP contribution in [0, 0.1) is 6.92 Å². The average Bonchev–Trinajstić information content (AvgIpc) is 2.54. The van der Waals surface area contributed by atoms with Crippen LogP contribution in [0.25, 0.3) is 0 Å². The number of aryl methyl sites for hydroxylation is 2. The zero-order chi connectivity index (χ0) is 11.7. The number of anilines is 2. The van der Waals surface area contributed by atoms with Gasteiger partial charge in [0.1, 0.15) is 5.82 Å². The van der Waals surface area contributed by atoms with Gasteiger partial charge in [0.25, 0.3) is 0 Å². The molecule has 1 fully saturated rings. The van der Waals surface area contributed by atoms with Crippen molar-refractivity contribution < 1.29 is 4.74 Å². The SMILES string of the molecule is Cc1nn(C)c(N(C)C2CCOCC2)c1N. The van der Waals surface area contributed by atoms with Gasteiger partial charge in [0.15, 0.2) is 0 Å². The summed E-state index contributed by atoms with van der Waals surface area (Å²) in [6.45, 7) is 3.62. The molecule has 0 aliphatic carbocycles. The van der Waals surface area contributed by atoms with Gasteiger partial charge in [-0.15, -0.1) is 0 Å². The van der Waals surface area contributed by atoms with Crippen molar-refractivity contribution in [3.8, 4) is 0 Å². The fraction of sp³-hybridized carbons (Fsp3) is 0.727. The molecule has 5 nitrogen and oxygen atoms in total. The maximum atomic E-state index is 6.05. The molecule has 0 atom stereocenters. The number of nitrogens with zero attached hydrogens (tertiary/aromatic N) is 3. The van der Waals surface area contributed by atoms with Gasteiger partial charge in [0.05, 0.1) is 11.4 Å². The first kappa shape index (κ1) is 11.3. The first-order chi connectivity index (χ1) is 7.61. The Kier molecular flexibility index (Phi) is 3.05.